The summed E-state index contributed by atoms with van der Waals surface area (Å²) >= 11 is 0. The fourth-order valence-electron chi connectivity index (χ4n) is 12.4. The highest BCUT2D eigenvalue weighted by molar-refractivity contribution is 5.76. The van der Waals surface area contributed by atoms with E-state index in [0.29, 0.717) is 19.4 Å². The van der Waals surface area contributed by atoms with Crippen LogP contribution in [0.1, 0.15) is 386 Å². The molecule has 1 saturated heterocycles. The highest BCUT2D eigenvalue weighted by Gasteiger charge is 2.44. The summed E-state index contributed by atoms with van der Waals surface area (Å²) in [4.78, 5) is 25.1. The zero-order valence-electron chi connectivity index (χ0n) is 58.4. The van der Waals surface area contributed by atoms with Gasteiger partial charge < -0.3 is 45.1 Å². The lowest BCUT2D eigenvalue weighted by Crippen LogP contribution is -2.60. The fraction of sp³-hybridized carbons (Fsp3) is 0.897. The van der Waals surface area contributed by atoms with Crippen LogP contribution in [0.5, 0.6) is 0 Å². The molecular weight excluding hydrogens is 1110 g/mol. The quantitative estimate of drug-likeness (QED) is 0.0195. The first-order valence-corrected chi connectivity index (χ1v) is 38.8. The molecule has 0 spiro atoms. The summed E-state index contributed by atoms with van der Waals surface area (Å²) in [5, 5.41) is 54.5. The van der Waals surface area contributed by atoms with E-state index in [2.05, 4.69) is 43.5 Å². The molecule has 7 unspecified atom stereocenters. The number of unbranched alkanes of at least 4 members (excludes halogenated alkanes) is 51. The number of rotatable bonds is 69. The second-order valence-electron chi connectivity index (χ2n) is 27.1. The van der Waals surface area contributed by atoms with Gasteiger partial charge in [-0.2, -0.15) is 0 Å². The molecule has 0 aliphatic carbocycles. The summed E-state index contributed by atoms with van der Waals surface area (Å²) in [6.07, 6.45) is 77.4. The van der Waals surface area contributed by atoms with Crippen LogP contribution < -0.4 is 5.32 Å². The molecule has 0 bridgehead atoms. The fourth-order valence-corrected chi connectivity index (χ4v) is 12.4. The largest absolute Gasteiger partial charge is 0.466 e. The van der Waals surface area contributed by atoms with E-state index in [-0.39, 0.29) is 18.5 Å². The van der Waals surface area contributed by atoms with Gasteiger partial charge in [0.1, 0.15) is 24.4 Å². The van der Waals surface area contributed by atoms with Gasteiger partial charge in [-0.1, -0.05) is 346 Å². The predicted octanol–water partition coefficient (Wildman–Crippen LogP) is 20.5. The Bertz CT molecular complexity index is 1570. The lowest BCUT2D eigenvalue weighted by atomic mass is 9.99. The summed E-state index contributed by atoms with van der Waals surface area (Å²) in [5.41, 5.74) is 0. The Labute approximate surface area is 549 Å². The summed E-state index contributed by atoms with van der Waals surface area (Å²) in [7, 11) is 0. The molecule has 6 N–H and O–H groups in total. The monoisotopic (exact) mass is 1260 g/mol. The van der Waals surface area contributed by atoms with Crippen LogP contribution in [0, 0.1) is 0 Å². The van der Waals surface area contributed by atoms with Gasteiger partial charge in [-0.3, -0.25) is 9.59 Å². The van der Waals surface area contributed by atoms with Crippen molar-refractivity contribution < 1.29 is 49.3 Å². The molecule has 1 heterocycles. The molecule has 0 aromatic heterocycles. The normalized spacial score (nSPS) is 17.9. The Balaban J connectivity index is 1.92. The van der Waals surface area contributed by atoms with Crippen molar-refractivity contribution in [1.29, 1.82) is 0 Å². The summed E-state index contributed by atoms with van der Waals surface area (Å²) in [6, 6.07) is -0.808. The van der Waals surface area contributed by atoms with E-state index in [0.717, 1.165) is 57.8 Å². The maximum absolute atomic E-state index is 13.1. The number of carbonyl (C=O) groups excluding carboxylic acids is 2. The predicted molar refractivity (Wildman–Crippen MR) is 375 cm³/mol. The molecule has 1 amide bonds. The average molecular weight is 1260 g/mol. The summed E-state index contributed by atoms with van der Waals surface area (Å²) in [6.45, 7) is 4.38. The van der Waals surface area contributed by atoms with E-state index in [9.17, 15) is 35.1 Å². The third-order valence-corrected chi connectivity index (χ3v) is 18.5. The van der Waals surface area contributed by atoms with Crippen molar-refractivity contribution in [2.45, 2.75) is 429 Å². The van der Waals surface area contributed by atoms with Crippen molar-refractivity contribution in [3.05, 3.63) is 36.5 Å². The van der Waals surface area contributed by atoms with Gasteiger partial charge in [0.05, 0.1) is 32.0 Å². The lowest BCUT2D eigenvalue weighted by molar-refractivity contribution is -0.302. The van der Waals surface area contributed by atoms with Gasteiger partial charge in [-0.15, -0.1) is 0 Å². The zero-order chi connectivity index (χ0) is 64.4. The van der Waals surface area contributed by atoms with Gasteiger partial charge in [0, 0.05) is 12.8 Å². The molecule has 0 saturated carbocycles. The second kappa shape index (κ2) is 67.3. The van der Waals surface area contributed by atoms with Gasteiger partial charge >= 0.3 is 5.97 Å². The van der Waals surface area contributed by atoms with Crippen LogP contribution in [0.25, 0.3) is 0 Å². The van der Waals surface area contributed by atoms with E-state index >= 15 is 0 Å². The number of amides is 1. The standard InChI is InChI=1S/C78H147NO10/c1-3-5-7-9-11-13-15-44-48-52-56-60-64-71(81)70(69-88-78-77(86)76(85)75(84)72(68-80)89-78)79-73(82)65-61-57-53-49-45-42-40-38-36-34-32-30-28-26-24-22-20-18-17-19-21-23-25-27-29-31-33-35-37-39-41-43-47-51-55-59-63-67-87-74(83)66-62-58-54-50-46-16-14-12-10-8-6-4-2/h17,19,23,25,60,64,70-72,75-78,80-81,84-86H,3-16,18,20-22,24,26-59,61-63,65-69H2,1-2H3,(H,79,82)/b19-17-,25-23-,64-60+. The molecule has 1 aliphatic heterocycles. The lowest BCUT2D eigenvalue weighted by Gasteiger charge is -2.40. The first kappa shape index (κ1) is 84.9. The Hall–Kier alpha value is -2.12. The Kier molecular flexibility index (Phi) is 64.2. The molecule has 0 aromatic rings. The molecule has 0 aromatic carbocycles. The van der Waals surface area contributed by atoms with Crippen LogP contribution in [0.4, 0.5) is 0 Å². The maximum Gasteiger partial charge on any atom is 0.305 e. The van der Waals surface area contributed by atoms with Gasteiger partial charge in [-0.25, -0.2) is 0 Å². The highest BCUT2D eigenvalue weighted by atomic mass is 16.7. The number of carbonyl (C=O) groups is 2. The number of aliphatic hydroxyl groups excluding tert-OH is 5. The van der Waals surface area contributed by atoms with Crippen molar-refractivity contribution in [2.75, 3.05) is 19.8 Å². The molecule has 7 atom stereocenters. The molecule has 11 nitrogen and oxygen atoms in total. The molecule has 524 valence electrons. The number of esters is 1. The van der Waals surface area contributed by atoms with Crippen LogP contribution in [-0.4, -0.2) is 100 Å². The number of hydrogen-bond acceptors (Lipinski definition) is 10. The molecule has 11 heteroatoms. The van der Waals surface area contributed by atoms with Crippen molar-refractivity contribution in [1.82, 2.24) is 5.32 Å². The van der Waals surface area contributed by atoms with Gasteiger partial charge in [0.15, 0.2) is 6.29 Å². The molecule has 1 rings (SSSR count). The summed E-state index contributed by atoms with van der Waals surface area (Å²) < 4.78 is 16.8. The Morgan fingerprint density at radius 1 is 0.416 bits per heavy atom. The smallest absolute Gasteiger partial charge is 0.305 e. The minimum atomic E-state index is -1.57. The molecule has 1 fully saturated rings. The van der Waals surface area contributed by atoms with Crippen LogP contribution in [0.15, 0.2) is 36.5 Å². The zero-order valence-corrected chi connectivity index (χ0v) is 58.4. The van der Waals surface area contributed by atoms with Gasteiger partial charge in [0.2, 0.25) is 5.91 Å². The second-order valence-corrected chi connectivity index (χ2v) is 27.1. The van der Waals surface area contributed by atoms with Gasteiger partial charge in [0.25, 0.3) is 0 Å². The van der Waals surface area contributed by atoms with Crippen LogP contribution in [-0.2, 0) is 23.8 Å². The van der Waals surface area contributed by atoms with Crippen LogP contribution in [0.3, 0.4) is 0 Å². The van der Waals surface area contributed by atoms with Gasteiger partial charge in [-0.05, 0) is 64.2 Å². The minimum absolute atomic E-state index is 0.0138. The SMILES string of the molecule is CCCCCCCCCCCC/C=C/C(O)C(COC1OC(CO)C(O)C(O)C1O)NC(=O)CCCCCCCCCCCCCCCCCCC/C=C\C/C=C\CCCCCCCCCCCCCCCOC(=O)CCCCCCCCCCCCCC. The summed E-state index contributed by atoms with van der Waals surface area (Å²) in [5.74, 6) is -0.163. The first-order valence-electron chi connectivity index (χ1n) is 38.8. The number of allylic oxidation sites excluding steroid dienone is 5. The van der Waals surface area contributed by atoms with E-state index in [1.54, 1.807) is 6.08 Å². The number of ether oxygens (including phenoxy) is 3. The van der Waals surface area contributed by atoms with Crippen molar-refractivity contribution in [3.8, 4) is 0 Å². The highest BCUT2D eigenvalue weighted by Crippen LogP contribution is 2.24. The van der Waals surface area contributed by atoms with Crippen molar-refractivity contribution in [2.24, 2.45) is 0 Å². The van der Waals surface area contributed by atoms with E-state index in [1.807, 2.05) is 6.08 Å². The topological polar surface area (TPSA) is 175 Å². The Morgan fingerprint density at radius 2 is 0.753 bits per heavy atom. The third-order valence-electron chi connectivity index (χ3n) is 18.5. The Morgan fingerprint density at radius 3 is 1.13 bits per heavy atom. The first-order chi connectivity index (χ1) is 43.7. The average Bonchev–Trinajstić information content (AvgIpc) is 2.35. The van der Waals surface area contributed by atoms with Crippen LogP contribution in [0.2, 0.25) is 0 Å². The van der Waals surface area contributed by atoms with Crippen molar-refractivity contribution in [3.63, 3.8) is 0 Å². The van der Waals surface area contributed by atoms with Crippen molar-refractivity contribution >= 4 is 11.9 Å². The minimum Gasteiger partial charge on any atom is -0.466 e. The molecule has 1 aliphatic rings. The number of aliphatic hydroxyl groups is 5. The number of nitrogens with one attached hydrogen (secondary N) is 1. The maximum atomic E-state index is 13.1. The molecule has 89 heavy (non-hydrogen) atoms. The third kappa shape index (κ3) is 56.0. The van der Waals surface area contributed by atoms with E-state index in [1.165, 1.54) is 302 Å². The van der Waals surface area contributed by atoms with E-state index in [4.69, 9.17) is 14.2 Å². The van der Waals surface area contributed by atoms with E-state index < -0.39 is 49.5 Å². The molecular formula is C78H147NO10. The molecule has 0 radical (unpaired) electrons. The number of hydrogen-bond donors (Lipinski definition) is 6. The van der Waals surface area contributed by atoms with Crippen LogP contribution >= 0.6 is 0 Å².